The van der Waals surface area contributed by atoms with E-state index in [4.69, 9.17) is 0 Å². The van der Waals surface area contributed by atoms with Crippen LogP contribution in [0.3, 0.4) is 0 Å². The number of hydrogen-bond donors (Lipinski definition) is 2. The number of aromatic nitrogens is 1. The minimum Gasteiger partial charge on any atom is -0.288 e. The molecule has 1 aromatic heterocycles. The summed E-state index contributed by atoms with van der Waals surface area (Å²) >= 11 is 1.20. The van der Waals surface area contributed by atoms with Crippen LogP contribution in [0.2, 0.25) is 0 Å². The van der Waals surface area contributed by atoms with Crippen molar-refractivity contribution in [3.05, 3.63) is 64.7 Å². The standard InChI is InChI=1S/C17H17N3O2S/c1-12-16(23-17(18-12)20-19-13(2)21)15(22)11-7-6-10-14-8-4-3-5-9-14/h3-11H,1-2H3,(H,18,20)(H,19,21)/b10-6+,11-7+. The number of anilines is 1. The molecule has 0 radical (unpaired) electrons. The summed E-state index contributed by atoms with van der Waals surface area (Å²) in [5.74, 6) is -0.342. The van der Waals surface area contributed by atoms with Crippen LogP contribution < -0.4 is 10.9 Å². The number of rotatable bonds is 6. The van der Waals surface area contributed by atoms with Gasteiger partial charge in [-0.25, -0.2) is 4.98 Å². The zero-order valence-corrected chi connectivity index (χ0v) is 13.7. The maximum absolute atomic E-state index is 12.2. The fourth-order valence-corrected chi connectivity index (χ4v) is 2.61. The van der Waals surface area contributed by atoms with Gasteiger partial charge in [0.05, 0.1) is 10.6 Å². The van der Waals surface area contributed by atoms with E-state index in [1.165, 1.54) is 24.3 Å². The Kier molecular flexibility index (Phi) is 5.82. The van der Waals surface area contributed by atoms with Gasteiger partial charge in [0.1, 0.15) is 0 Å². The zero-order chi connectivity index (χ0) is 16.7. The molecule has 0 spiro atoms. The van der Waals surface area contributed by atoms with Crippen LogP contribution in [-0.4, -0.2) is 16.7 Å². The Labute approximate surface area is 138 Å². The number of hydrogen-bond acceptors (Lipinski definition) is 5. The Morgan fingerprint density at radius 3 is 2.61 bits per heavy atom. The van der Waals surface area contributed by atoms with Gasteiger partial charge in [-0.2, -0.15) is 0 Å². The van der Waals surface area contributed by atoms with Crippen molar-refractivity contribution in [2.24, 2.45) is 0 Å². The molecule has 118 valence electrons. The monoisotopic (exact) mass is 327 g/mol. The third-order valence-corrected chi connectivity index (χ3v) is 3.90. The summed E-state index contributed by atoms with van der Waals surface area (Å²) in [5.41, 5.74) is 6.80. The van der Waals surface area contributed by atoms with Crippen molar-refractivity contribution in [1.82, 2.24) is 10.4 Å². The molecule has 5 nitrogen and oxygen atoms in total. The van der Waals surface area contributed by atoms with Gasteiger partial charge in [0.2, 0.25) is 11.0 Å². The van der Waals surface area contributed by atoms with Gasteiger partial charge in [-0.05, 0) is 18.6 Å². The van der Waals surface area contributed by atoms with Crippen LogP contribution in [0.5, 0.6) is 0 Å². The molecular weight excluding hydrogens is 310 g/mol. The third kappa shape index (κ3) is 5.19. The number of thiazole rings is 1. The maximum atomic E-state index is 12.2. The molecule has 0 bridgehead atoms. The van der Waals surface area contributed by atoms with E-state index < -0.39 is 0 Å². The molecule has 0 aliphatic heterocycles. The summed E-state index contributed by atoms with van der Waals surface area (Å²) in [5, 5.41) is 0.481. The van der Waals surface area contributed by atoms with E-state index in [-0.39, 0.29) is 11.7 Å². The molecule has 2 rings (SSSR count). The van der Waals surface area contributed by atoms with Crippen molar-refractivity contribution in [3.63, 3.8) is 0 Å². The van der Waals surface area contributed by atoms with Gasteiger partial charge >= 0.3 is 0 Å². The van der Waals surface area contributed by atoms with Crippen LogP contribution in [0, 0.1) is 6.92 Å². The Hall–Kier alpha value is -2.73. The Balaban J connectivity index is 1.99. The van der Waals surface area contributed by atoms with Gasteiger partial charge in [-0.1, -0.05) is 59.9 Å². The molecule has 1 amide bonds. The van der Waals surface area contributed by atoms with Crippen molar-refractivity contribution in [3.8, 4) is 0 Å². The summed E-state index contributed by atoms with van der Waals surface area (Å²) in [6.45, 7) is 3.15. The number of benzene rings is 1. The van der Waals surface area contributed by atoms with Crippen LogP contribution in [0.15, 0.2) is 48.6 Å². The van der Waals surface area contributed by atoms with Gasteiger partial charge in [-0.15, -0.1) is 0 Å². The number of amides is 1. The van der Waals surface area contributed by atoms with Crippen LogP contribution in [0.25, 0.3) is 6.08 Å². The SMILES string of the molecule is CC(=O)NNc1nc(C)c(C(=O)/C=C/C=C/c2ccccc2)s1. The fraction of sp³-hybridized carbons (Fsp3) is 0.118. The van der Waals surface area contributed by atoms with E-state index in [0.717, 1.165) is 5.56 Å². The first-order valence-corrected chi connectivity index (χ1v) is 7.82. The predicted molar refractivity (Wildman–Crippen MR) is 93.2 cm³/mol. The second-order valence-corrected chi connectivity index (χ2v) is 5.73. The molecule has 0 aliphatic rings. The minimum atomic E-state index is -0.225. The molecule has 0 saturated carbocycles. The van der Waals surface area contributed by atoms with Gasteiger partial charge in [0, 0.05) is 6.92 Å². The molecule has 23 heavy (non-hydrogen) atoms. The maximum Gasteiger partial charge on any atom is 0.235 e. The Bertz CT molecular complexity index is 748. The molecule has 0 fully saturated rings. The van der Waals surface area contributed by atoms with E-state index in [1.54, 1.807) is 13.0 Å². The Morgan fingerprint density at radius 2 is 1.91 bits per heavy atom. The van der Waals surface area contributed by atoms with Crippen molar-refractivity contribution in [2.75, 3.05) is 5.43 Å². The van der Waals surface area contributed by atoms with E-state index in [9.17, 15) is 9.59 Å². The number of allylic oxidation sites excluding steroid dienone is 3. The quantitative estimate of drug-likeness (QED) is 0.369. The smallest absolute Gasteiger partial charge is 0.235 e. The molecule has 2 N–H and O–H groups in total. The first-order valence-electron chi connectivity index (χ1n) is 7.00. The summed E-state index contributed by atoms with van der Waals surface area (Å²) in [6, 6.07) is 9.84. The largest absolute Gasteiger partial charge is 0.288 e. The van der Waals surface area contributed by atoms with Crippen molar-refractivity contribution >= 4 is 34.2 Å². The molecular formula is C17H17N3O2S. The van der Waals surface area contributed by atoms with Crippen LogP contribution in [0.4, 0.5) is 5.13 Å². The highest BCUT2D eigenvalue weighted by Crippen LogP contribution is 2.22. The van der Waals surface area contributed by atoms with E-state index >= 15 is 0 Å². The summed E-state index contributed by atoms with van der Waals surface area (Å²) in [7, 11) is 0. The molecule has 6 heteroatoms. The van der Waals surface area contributed by atoms with E-state index in [1.807, 2.05) is 42.5 Å². The molecule has 1 heterocycles. The second-order valence-electron chi connectivity index (χ2n) is 4.73. The molecule has 0 saturated heterocycles. The number of carbonyl (C=O) groups excluding carboxylic acids is 2. The molecule has 0 unspecified atom stereocenters. The lowest BCUT2D eigenvalue weighted by molar-refractivity contribution is -0.118. The number of nitrogens with one attached hydrogen (secondary N) is 2. The van der Waals surface area contributed by atoms with Crippen LogP contribution in [-0.2, 0) is 4.79 Å². The van der Waals surface area contributed by atoms with Gasteiger partial charge < -0.3 is 0 Å². The van der Waals surface area contributed by atoms with Crippen LogP contribution >= 0.6 is 11.3 Å². The van der Waals surface area contributed by atoms with Gasteiger partial charge in [0.15, 0.2) is 5.78 Å². The highest BCUT2D eigenvalue weighted by atomic mass is 32.1. The number of hydrazine groups is 1. The highest BCUT2D eigenvalue weighted by Gasteiger charge is 2.12. The van der Waals surface area contributed by atoms with Crippen LogP contribution in [0.1, 0.15) is 27.9 Å². The average Bonchev–Trinajstić information content (AvgIpc) is 2.91. The lowest BCUT2D eigenvalue weighted by Gasteiger charge is -1.99. The first-order chi connectivity index (χ1) is 11.1. The molecule has 1 aromatic carbocycles. The molecule has 0 atom stereocenters. The van der Waals surface area contributed by atoms with E-state index in [2.05, 4.69) is 15.8 Å². The van der Waals surface area contributed by atoms with Gasteiger partial charge in [-0.3, -0.25) is 20.4 Å². The Morgan fingerprint density at radius 1 is 1.17 bits per heavy atom. The zero-order valence-electron chi connectivity index (χ0n) is 12.9. The predicted octanol–water partition coefficient (Wildman–Crippen LogP) is 3.37. The lowest BCUT2D eigenvalue weighted by atomic mass is 10.2. The topological polar surface area (TPSA) is 71.1 Å². The minimum absolute atomic E-state index is 0.117. The average molecular weight is 327 g/mol. The number of aryl methyl sites for hydroxylation is 1. The normalized spacial score (nSPS) is 11.0. The summed E-state index contributed by atoms with van der Waals surface area (Å²) in [6.07, 6.45) is 6.95. The fourth-order valence-electron chi connectivity index (χ4n) is 1.77. The van der Waals surface area contributed by atoms with Crippen molar-refractivity contribution in [2.45, 2.75) is 13.8 Å². The molecule has 2 aromatic rings. The third-order valence-electron chi connectivity index (χ3n) is 2.81. The number of carbonyl (C=O) groups is 2. The summed E-state index contributed by atoms with van der Waals surface area (Å²) in [4.78, 5) is 27.8. The molecule has 0 aliphatic carbocycles. The lowest BCUT2D eigenvalue weighted by Crippen LogP contribution is -2.26. The van der Waals surface area contributed by atoms with E-state index in [0.29, 0.717) is 15.7 Å². The first kappa shape index (κ1) is 16.6. The van der Waals surface area contributed by atoms with Crippen molar-refractivity contribution < 1.29 is 9.59 Å². The number of ketones is 1. The van der Waals surface area contributed by atoms with Gasteiger partial charge in [0.25, 0.3) is 0 Å². The number of nitrogens with zero attached hydrogens (tertiary/aromatic N) is 1. The second kappa shape index (κ2) is 8.05. The highest BCUT2D eigenvalue weighted by molar-refractivity contribution is 7.17. The van der Waals surface area contributed by atoms with Crippen molar-refractivity contribution in [1.29, 1.82) is 0 Å². The summed E-state index contributed by atoms with van der Waals surface area (Å²) < 4.78 is 0.